The van der Waals surface area contributed by atoms with Crippen molar-refractivity contribution < 1.29 is 14.4 Å². The van der Waals surface area contributed by atoms with Crippen LogP contribution in [0, 0.1) is 6.92 Å². The van der Waals surface area contributed by atoms with E-state index in [4.69, 9.17) is 0 Å². The van der Waals surface area contributed by atoms with Gasteiger partial charge in [0.25, 0.3) is 0 Å². The van der Waals surface area contributed by atoms with Crippen LogP contribution >= 0.6 is 0 Å². The molecule has 0 spiro atoms. The molecule has 2 aromatic rings. The lowest BCUT2D eigenvalue weighted by atomic mass is 10.1. The quantitative estimate of drug-likeness (QED) is 0.785. The molecule has 8 nitrogen and oxygen atoms in total. The molecular formula is C19H23N5O3. The smallest absolute Gasteiger partial charge is 0.249 e. The van der Waals surface area contributed by atoms with Crippen LogP contribution in [0.1, 0.15) is 24.4 Å². The third-order valence-corrected chi connectivity index (χ3v) is 4.74. The van der Waals surface area contributed by atoms with Crippen LogP contribution in [0.25, 0.3) is 5.65 Å². The minimum absolute atomic E-state index is 0.0963. The fraction of sp³-hybridized carbons (Fsp3) is 0.368. The Hall–Kier alpha value is -3.16. The van der Waals surface area contributed by atoms with Gasteiger partial charge in [-0.15, -0.1) is 0 Å². The Bertz CT molecular complexity index is 904. The molecule has 3 amide bonds. The summed E-state index contributed by atoms with van der Waals surface area (Å²) in [7, 11) is 0. The van der Waals surface area contributed by atoms with Crippen LogP contribution < -0.4 is 5.32 Å². The summed E-state index contributed by atoms with van der Waals surface area (Å²) in [6.45, 7) is 8.12. The van der Waals surface area contributed by atoms with Gasteiger partial charge in [0.05, 0.1) is 11.4 Å². The first-order chi connectivity index (χ1) is 13.0. The van der Waals surface area contributed by atoms with Crippen LogP contribution in [0.3, 0.4) is 0 Å². The largest absolute Gasteiger partial charge is 0.352 e. The van der Waals surface area contributed by atoms with Gasteiger partial charge in [0.2, 0.25) is 17.7 Å². The number of rotatable bonds is 5. The first-order valence-corrected chi connectivity index (χ1v) is 8.90. The van der Waals surface area contributed by atoms with Crippen molar-refractivity contribution in [3.63, 3.8) is 0 Å². The van der Waals surface area contributed by atoms with Crippen molar-refractivity contribution in [3.8, 4) is 0 Å². The van der Waals surface area contributed by atoms with Gasteiger partial charge >= 0.3 is 0 Å². The van der Waals surface area contributed by atoms with Crippen LogP contribution in [0.15, 0.2) is 37.1 Å². The number of piperazine rings is 1. The van der Waals surface area contributed by atoms with Crippen molar-refractivity contribution in [2.45, 2.75) is 19.9 Å². The van der Waals surface area contributed by atoms with Crippen molar-refractivity contribution in [2.75, 3.05) is 26.2 Å². The van der Waals surface area contributed by atoms with Crippen LogP contribution in [-0.4, -0.2) is 63.1 Å². The molecule has 2 aromatic heterocycles. The molecule has 1 fully saturated rings. The number of nitrogens with one attached hydrogen (secondary N) is 1. The van der Waals surface area contributed by atoms with Gasteiger partial charge in [0.15, 0.2) is 6.04 Å². The molecule has 27 heavy (non-hydrogen) atoms. The maximum Gasteiger partial charge on any atom is 0.249 e. The van der Waals surface area contributed by atoms with Gasteiger partial charge < -0.3 is 19.5 Å². The average Bonchev–Trinajstić information content (AvgIpc) is 3.00. The predicted molar refractivity (Wildman–Crippen MR) is 99.8 cm³/mol. The summed E-state index contributed by atoms with van der Waals surface area (Å²) in [4.78, 5) is 45.0. The number of carbonyl (C=O) groups is 3. The lowest BCUT2D eigenvalue weighted by Crippen LogP contribution is -2.55. The molecule has 0 radical (unpaired) electrons. The van der Waals surface area contributed by atoms with Gasteiger partial charge in [-0.05, 0) is 32.1 Å². The van der Waals surface area contributed by atoms with Gasteiger partial charge in [-0.1, -0.05) is 12.6 Å². The number of hydrogen-bond donors (Lipinski definition) is 1. The third kappa shape index (κ3) is 3.42. The van der Waals surface area contributed by atoms with Crippen LogP contribution in [0.5, 0.6) is 0 Å². The lowest BCUT2D eigenvalue weighted by Gasteiger charge is -2.36. The zero-order valence-electron chi connectivity index (χ0n) is 15.5. The molecule has 0 aromatic carbocycles. The first-order valence-electron chi connectivity index (χ1n) is 8.90. The monoisotopic (exact) mass is 369 g/mol. The van der Waals surface area contributed by atoms with Crippen LogP contribution in [0.2, 0.25) is 0 Å². The number of likely N-dealkylation sites (N-methyl/N-ethyl adjacent to an activating group) is 1. The Morgan fingerprint density at radius 2 is 2.22 bits per heavy atom. The Balaban J connectivity index is 1.97. The fourth-order valence-electron chi connectivity index (χ4n) is 3.40. The van der Waals surface area contributed by atoms with E-state index in [-0.39, 0.29) is 24.3 Å². The molecule has 1 atom stereocenters. The zero-order valence-corrected chi connectivity index (χ0v) is 15.5. The van der Waals surface area contributed by atoms with E-state index >= 15 is 0 Å². The van der Waals surface area contributed by atoms with Gasteiger partial charge in [-0.2, -0.15) is 0 Å². The second kappa shape index (κ2) is 7.61. The molecule has 0 aliphatic carbocycles. The molecule has 0 bridgehead atoms. The van der Waals surface area contributed by atoms with Gasteiger partial charge in [0.1, 0.15) is 12.2 Å². The number of imidazole rings is 1. The number of nitrogens with zero attached hydrogens (tertiary/aromatic N) is 4. The Morgan fingerprint density at radius 1 is 1.44 bits per heavy atom. The topological polar surface area (TPSA) is 87.0 Å². The highest BCUT2D eigenvalue weighted by Crippen LogP contribution is 2.27. The third-order valence-electron chi connectivity index (χ3n) is 4.74. The number of hydrogen-bond acceptors (Lipinski definition) is 4. The number of amides is 3. The predicted octanol–water partition coefficient (Wildman–Crippen LogP) is 0.677. The Labute approximate surface area is 157 Å². The van der Waals surface area contributed by atoms with E-state index in [0.29, 0.717) is 36.7 Å². The average molecular weight is 369 g/mol. The van der Waals surface area contributed by atoms with E-state index in [0.717, 1.165) is 0 Å². The van der Waals surface area contributed by atoms with E-state index in [1.54, 1.807) is 6.92 Å². The number of aromatic nitrogens is 2. The zero-order chi connectivity index (χ0) is 19.6. The Morgan fingerprint density at radius 3 is 2.93 bits per heavy atom. The Kier molecular flexibility index (Phi) is 5.25. The van der Waals surface area contributed by atoms with Crippen LogP contribution in [-0.2, 0) is 14.4 Å². The summed E-state index contributed by atoms with van der Waals surface area (Å²) >= 11 is 0. The summed E-state index contributed by atoms with van der Waals surface area (Å²) in [5.41, 5.74) is 2.07. The second-order valence-corrected chi connectivity index (χ2v) is 6.35. The maximum atomic E-state index is 13.0. The minimum Gasteiger partial charge on any atom is -0.352 e. The highest BCUT2D eigenvalue weighted by molar-refractivity contribution is 5.94. The summed E-state index contributed by atoms with van der Waals surface area (Å²) in [6, 6.07) is 4.79. The van der Waals surface area contributed by atoms with Gasteiger partial charge in [-0.25, -0.2) is 4.98 Å². The highest BCUT2D eigenvalue weighted by Gasteiger charge is 2.38. The molecule has 142 valence electrons. The van der Waals surface area contributed by atoms with Gasteiger partial charge in [-0.3, -0.25) is 14.4 Å². The number of fused-ring (bicyclic) bond motifs is 1. The van der Waals surface area contributed by atoms with E-state index in [9.17, 15) is 14.4 Å². The summed E-state index contributed by atoms with van der Waals surface area (Å²) < 4.78 is 1.83. The van der Waals surface area contributed by atoms with Crippen molar-refractivity contribution in [1.82, 2.24) is 24.5 Å². The summed E-state index contributed by atoms with van der Waals surface area (Å²) in [5.74, 6) is -0.839. The second-order valence-electron chi connectivity index (χ2n) is 6.35. The molecule has 0 saturated carbocycles. The molecule has 8 heteroatoms. The molecule has 3 heterocycles. The summed E-state index contributed by atoms with van der Waals surface area (Å²) in [6.07, 6.45) is 3.01. The normalized spacial score (nSPS) is 16.9. The molecule has 1 N–H and O–H groups in total. The molecule has 1 aliphatic rings. The van der Waals surface area contributed by atoms with E-state index in [1.165, 1.54) is 15.9 Å². The lowest BCUT2D eigenvalue weighted by molar-refractivity contribution is -0.146. The van der Waals surface area contributed by atoms with Crippen molar-refractivity contribution in [3.05, 3.63) is 48.4 Å². The van der Waals surface area contributed by atoms with E-state index in [2.05, 4.69) is 16.9 Å². The molecule has 3 rings (SSSR count). The van der Waals surface area contributed by atoms with Crippen molar-refractivity contribution >= 4 is 23.4 Å². The van der Waals surface area contributed by atoms with E-state index in [1.807, 2.05) is 35.7 Å². The summed E-state index contributed by atoms with van der Waals surface area (Å²) in [5, 5.41) is 2.83. The standard InChI is InChI=1S/C19H23N5O3/c1-4-15(25)22(5-2)12-16(26)24-11-9-20-19(27)18(24)17-13(3)21-14-8-6-7-10-23(14)17/h4,6-8,10,18H,1,5,9,11-12H2,2-3H3,(H,20,27). The van der Waals surface area contributed by atoms with Gasteiger partial charge in [0, 0.05) is 25.8 Å². The van der Waals surface area contributed by atoms with E-state index < -0.39 is 6.04 Å². The first kappa shape index (κ1) is 18.6. The SMILES string of the molecule is C=CC(=O)N(CC)CC(=O)N1CCNC(=O)C1c1c(C)nc2ccccn12. The molecular weight excluding hydrogens is 346 g/mol. The number of pyridine rings is 1. The number of carbonyl (C=O) groups excluding carboxylic acids is 3. The maximum absolute atomic E-state index is 13.0. The number of aryl methyl sites for hydroxylation is 1. The highest BCUT2D eigenvalue weighted by atomic mass is 16.2. The van der Waals surface area contributed by atoms with Crippen molar-refractivity contribution in [1.29, 1.82) is 0 Å². The molecule has 1 aliphatic heterocycles. The molecule has 1 saturated heterocycles. The van der Waals surface area contributed by atoms with Crippen molar-refractivity contribution in [2.24, 2.45) is 0 Å². The van der Waals surface area contributed by atoms with Crippen LogP contribution in [0.4, 0.5) is 0 Å². The minimum atomic E-state index is -0.791. The fourth-order valence-corrected chi connectivity index (χ4v) is 3.40. The molecule has 1 unspecified atom stereocenters.